The highest BCUT2D eigenvalue weighted by molar-refractivity contribution is 9.10. The molecule has 0 aromatic heterocycles. The Labute approximate surface area is 250 Å². The van der Waals surface area contributed by atoms with Crippen LogP contribution in [0.5, 0.6) is 0 Å². The summed E-state index contributed by atoms with van der Waals surface area (Å²) in [6.07, 6.45) is 3.03. The van der Waals surface area contributed by atoms with Gasteiger partial charge in [-0.15, -0.1) is 0 Å². The van der Waals surface area contributed by atoms with Crippen LogP contribution >= 0.6 is 27.5 Å². The molecule has 7 nitrogen and oxygen atoms in total. The summed E-state index contributed by atoms with van der Waals surface area (Å²) >= 11 is 9.78. The van der Waals surface area contributed by atoms with Gasteiger partial charge >= 0.3 is 0 Å². The van der Waals surface area contributed by atoms with E-state index in [0.717, 1.165) is 44.6 Å². The van der Waals surface area contributed by atoms with Crippen LogP contribution in [0.4, 0.5) is 5.69 Å². The fourth-order valence-corrected chi connectivity index (χ4v) is 5.71. The van der Waals surface area contributed by atoms with Crippen LogP contribution in [-0.4, -0.2) is 50.5 Å². The molecule has 0 bridgehead atoms. The Bertz CT molecular complexity index is 1420. The summed E-state index contributed by atoms with van der Waals surface area (Å²) in [6, 6.07) is 20.9. The van der Waals surface area contributed by atoms with Gasteiger partial charge in [-0.2, -0.15) is 0 Å². The number of nitrogens with zero attached hydrogens (tertiary/aromatic N) is 2. The zero-order chi connectivity index (χ0) is 29.3. The van der Waals surface area contributed by atoms with Gasteiger partial charge in [0.05, 0.1) is 11.9 Å². The quantitative estimate of drug-likeness (QED) is 0.240. The summed E-state index contributed by atoms with van der Waals surface area (Å²) in [4.78, 5) is 29.1. The predicted molar refractivity (Wildman–Crippen MR) is 165 cm³/mol. The fourth-order valence-electron chi connectivity index (χ4n) is 4.24. The molecule has 1 N–H and O–H groups in total. The van der Waals surface area contributed by atoms with Crippen LogP contribution in [0.15, 0.2) is 77.3 Å². The van der Waals surface area contributed by atoms with E-state index in [4.69, 9.17) is 11.6 Å². The van der Waals surface area contributed by atoms with E-state index in [1.165, 1.54) is 11.0 Å². The average molecular weight is 649 g/mol. The largest absolute Gasteiger partial charge is 0.354 e. The standard InChI is InChI=1S/C30H35BrClN3O4S/c1-4-5-16-33-30(37)28(18-23-10-7-6-8-11-23)34(20-24-12-9-13-25(31)17-24)29(36)21-35(40(3,38)39)26-15-14-22(2)27(32)19-26/h6-15,17,19,28H,4-5,16,18,20-21H2,1-3H3,(H,33,37). The Balaban J connectivity index is 2.04. The Morgan fingerprint density at radius 2 is 1.70 bits per heavy atom. The van der Waals surface area contributed by atoms with E-state index >= 15 is 0 Å². The first-order valence-corrected chi connectivity index (χ1v) is 16.1. The second-order valence-electron chi connectivity index (χ2n) is 9.70. The Hall–Kier alpha value is -2.88. The second-order valence-corrected chi connectivity index (χ2v) is 12.9. The molecule has 40 heavy (non-hydrogen) atoms. The SMILES string of the molecule is CCCCNC(=O)C(Cc1ccccc1)N(Cc1cccc(Br)c1)C(=O)CN(c1ccc(C)c(Cl)c1)S(C)(=O)=O. The van der Waals surface area contributed by atoms with E-state index in [1.54, 1.807) is 12.1 Å². The molecule has 3 rings (SSSR count). The van der Waals surface area contributed by atoms with Crippen LogP contribution in [0.2, 0.25) is 5.02 Å². The first-order valence-electron chi connectivity index (χ1n) is 13.1. The number of nitrogens with one attached hydrogen (secondary N) is 1. The molecule has 0 aliphatic rings. The van der Waals surface area contributed by atoms with E-state index in [0.29, 0.717) is 11.6 Å². The number of sulfonamides is 1. The lowest BCUT2D eigenvalue weighted by atomic mass is 10.0. The molecule has 2 amide bonds. The Morgan fingerprint density at radius 1 is 1.00 bits per heavy atom. The molecule has 3 aromatic rings. The van der Waals surface area contributed by atoms with Gasteiger partial charge in [-0.1, -0.05) is 89.4 Å². The zero-order valence-electron chi connectivity index (χ0n) is 22.9. The molecule has 1 atom stereocenters. The maximum absolute atomic E-state index is 14.1. The van der Waals surface area contributed by atoms with Gasteiger partial charge in [0.1, 0.15) is 12.6 Å². The number of halogens is 2. The van der Waals surface area contributed by atoms with Crippen LogP contribution in [-0.2, 0) is 32.6 Å². The van der Waals surface area contributed by atoms with E-state index in [2.05, 4.69) is 21.2 Å². The molecule has 0 aliphatic heterocycles. The fraction of sp³-hybridized carbons (Fsp3) is 0.333. The maximum atomic E-state index is 14.1. The average Bonchev–Trinajstić information content (AvgIpc) is 2.91. The third kappa shape index (κ3) is 9.08. The number of rotatable bonds is 13. The minimum Gasteiger partial charge on any atom is -0.354 e. The number of hydrogen-bond acceptors (Lipinski definition) is 4. The molecule has 3 aromatic carbocycles. The molecule has 0 radical (unpaired) electrons. The van der Waals surface area contributed by atoms with Crippen molar-refractivity contribution in [3.8, 4) is 0 Å². The Morgan fingerprint density at radius 3 is 2.33 bits per heavy atom. The normalized spacial score (nSPS) is 12.0. The lowest BCUT2D eigenvalue weighted by Crippen LogP contribution is -2.53. The Kier molecular flexibility index (Phi) is 11.6. The molecule has 0 spiro atoms. The highest BCUT2D eigenvalue weighted by atomic mass is 79.9. The van der Waals surface area contributed by atoms with Crippen molar-refractivity contribution in [2.75, 3.05) is 23.7 Å². The highest BCUT2D eigenvalue weighted by Gasteiger charge is 2.33. The summed E-state index contributed by atoms with van der Waals surface area (Å²) in [5.74, 6) is -0.793. The summed E-state index contributed by atoms with van der Waals surface area (Å²) in [7, 11) is -3.86. The van der Waals surface area contributed by atoms with Gasteiger partial charge in [-0.05, 0) is 54.3 Å². The summed E-state index contributed by atoms with van der Waals surface area (Å²) in [6.45, 7) is 3.96. The maximum Gasteiger partial charge on any atom is 0.244 e. The van der Waals surface area contributed by atoms with E-state index in [1.807, 2.05) is 68.4 Å². The van der Waals surface area contributed by atoms with Crippen molar-refractivity contribution in [1.29, 1.82) is 0 Å². The van der Waals surface area contributed by atoms with Crippen molar-refractivity contribution < 1.29 is 18.0 Å². The highest BCUT2D eigenvalue weighted by Crippen LogP contribution is 2.26. The predicted octanol–water partition coefficient (Wildman–Crippen LogP) is 5.73. The van der Waals surface area contributed by atoms with Gasteiger partial charge in [-0.25, -0.2) is 8.42 Å². The van der Waals surface area contributed by atoms with Crippen molar-refractivity contribution in [3.63, 3.8) is 0 Å². The topological polar surface area (TPSA) is 86.8 Å². The molecule has 0 saturated heterocycles. The lowest BCUT2D eigenvalue weighted by Gasteiger charge is -2.33. The summed E-state index contributed by atoms with van der Waals surface area (Å²) in [5, 5.41) is 3.36. The van der Waals surface area contributed by atoms with Crippen molar-refractivity contribution in [2.45, 2.75) is 45.7 Å². The summed E-state index contributed by atoms with van der Waals surface area (Å²) in [5.41, 5.74) is 2.75. The van der Waals surface area contributed by atoms with Gasteiger partial charge < -0.3 is 10.2 Å². The number of carbonyl (C=O) groups is 2. The van der Waals surface area contributed by atoms with Crippen molar-refractivity contribution in [2.24, 2.45) is 0 Å². The van der Waals surface area contributed by atoms with Crippen LogP contribution in [0, 0.1) is 6.92 Å². The van der Waals surface area contributed by atoms with Crippen molar-refractivity contribution in [3.05, 3.63) is 99.0 Å². The number of hydrogen-bond donors (Lipinski definition) is 1. The second kappa shape index (κ2) is 14.7. The monoisotopic (exact) mass is 647 g/mol. The van der Waals surface area contributed by atoms with E-state index in [-0.39, 0.29) is 24.6 Å². The number of amides is 2. The molecular weight excluding hydrogens is 614 g/mol. The number of carbonyl (C=O) groups excluding carboxylic acids is 2. The molecule has 0 fully saturated rings. The molecule has 10 heteroatoms. The number of benzene rings is 3. The third-order valence-corrected chi connectivity index (χ3v) is 8.51. The molecule has 0 saturated carbocycles. The smallest absolute Gasteiger partial charge is 0.244 e. The minimum absolute atomic E-state index is 0.114. The van der Waals surface area contributed by atoms with Crippen molar-refractivity contribution >= 4 is 55.1 Å². The number of aryl methyl sites for hydroxylation is 1. The molecule has 214 valence electrons. The minimum atomic E-state index is -3.86. The van der Waals surface area contributed by atoms with Gasteiger partial charge in [0, 0.05) is 29.0 Å². The van der Waals surface area contributed by atoms with Gasteiger partial charge in [0.25, 0.3) is 0 Å². The van der Waals surface area contributed by atoms with Crippen molar-refractivity contribution in [1.82, 2.24) is 10.2 Å². The van der Waals surface area contributed by atoms with Crippen LogP contribution < -0.4 is 9.62 Å². The summed E-state index contributed by atoms with van der Waals surface area (Å²) < 4.78 is 27.6. The first-order chi connectivity index (χ1) is 19.0. The number of anilines is 1. The van der Waals surface area contributed by atoms with Gasteiger partial charge in [0.2, 0.25) is 21.8 Å². The van der Waals surface area contributed by atoms with Gasteiger partial charge in [0.15, 0.2) is 0 Å². The van der Waals surface area contributed by atoms with Crippen LogP contribution in [0.25, 0.3) is 0 Å². The lowest BCUT2D eigenvalue weighted by molar-refractivity contribution is -0.140. The van der Waals surface area contributed by atoms with E-state index in [9.17, 15) is 18.0 Å². The van der Waals surface area contributed by atoms with Gasteiger partial charge in [-0.3, -0.25) is 13.9 Å². The van der Waals surface area contributed by atoms with Crippen LogP contribution in [0.1, 0.15) is 36.5 Å². The molecule has 0 heterocycles. The molecular formula is C30H35BrClN3O4S. The van der Waals surface area contributed by atoms with E-state index < -0.39 is 28.5 Å². The molecule has 1 unspecified atom stereocenters. The number of unbranched alkanes of at least 4 members (excludes halogenated alkanes) is 1. The first kappa shape index (κ1) is 31.6. The van der Waals surface area contributed by atoms with Crippen LogP contribution in [0.3, 0.4) is 0 Å². The zero-order valence-corrected chi connectivity index (χ0v) is 26.1. The molecule has 0 aliphatic carbocycles. The third-order valence-electron chi connectivity index (χ3n) is 6.47.